The summed E-state index contributed by atoms with van der Waals surface area (Å²) in [5.74, 6) is -0.0997. The SMILES string of the molecule is CCCCNC(=O)/C=C/c1cnc(OCC)nc1. The van der Waals surface area contributed by atoms with Gasteiger partial charge in [-0.25, -0.2) is 9.97 Å². The Hall–Kier alpha value is -1.91. The van der Waals surface area contributed by atoms with Crippen molar-refractivity contribution in [2.24, 2.45) is 0 Å². The van der Waals surface area contributed by atoms with Gasteiger partial charge in [-0.3, -0.25) is 4.79 Å². The van der Waals surface area contributed by atoms with E-state index in [1.165, 1.54) is 6.08 Å². The monoisotopic (exact) mass is 249 g/mol. The molecule has 1 heterocycles. The van der Waals surface area contributed by atoms with E-state index in [0.29, 0.717) is 19.2 Å². The van der Waals surface area contributed by atoms with E-state index in [-0.39, 0.29) is 5.91 Å². The number of carbonyl (C=O) groups is 1. The van der Waals surface area contributed by atoms with E-state index in [1.54, 1.807) is 18.5 Å². The van der Waals surface area contributed by atoms with Crippen molar-refractivity contribution in [2.75, 3.05) is 13.2 Å². The zero-order valence-electron chi connectivity index (χ0n) is 10.8. The summed E-state index contributed by atoms with van der Waals surface area (Å²) in [6, 6.07) is 0.349. The minimum atomic E-state index is -0.0997. The maximum Gasteiger partial charge on any atom is 0.316 e. The molecule has 0 aromatic carbocycles. The van der Waals surface area contributed by atoms with Gasteiger partial charge in [-0.05, 0) is 19.4 Å². The normalized spacial score (nSPS) is 10.6. The molecule has 1 rings (SSSR count). The lowest BCUT2D eigenvalue weighted by Gasteiger charge is -2.00. The van der Waals surface area contributed by atoms with Crippen LogP contribution in [0.5, 0.6) is 6.01 Å². The van der Waals surface area contributed by atoms with Crippen molar-refractivity contribution in [2.45, 2.75) is 26.7 Å². The standard InChI is InChI=1S/C13H19N3O2/c1-3-5-8-14-12(17)7-6-11-9-15-13(16-10-11)18-4-2/h6-7,9-10H,3-5,8H2,1-2H3,(H,14,17)/b7-6+. The summed E-state index contributed by atoms with van der Waals surface area (Å²) >= 11 is 0. The van der Waals surface area contributed by atoms with Crippen molar-refractivity contribution < 1.29 is 9.53 Å². The molecular weight excluding hydrogens is 230 g/mol. The summed E-state index contributed by atoms with van der Waals surface area (Å²) in [6.07, 6.45) is 8.45. The van der Waals surface area contributed by atoms with Gasteiger partial charge >= 0.3 is 6.01 Å². The summed E-state index contributed by atoms with van der Waals surface area (Å²) in [4.78, 5) is 19.4. The zero-order valence-corrected chi connectivity index (χ0v) is 10.8. The Balaban J connectivity index is 2.43. The highest BCUT2D eigenvalue weighted by molar-refractivity contribution is 5.91. The van der Waals surface area contributed by atoms with Gasteiger partial charge < -0.3 is 10.1 Å². The van der Waals surface area contributed by atoms with Gasteiger partial charge in [0.2, 0.25) is 5.91 Å². The first-order valence-electron chi connectivity index (χ1n) is 6.17. The largest absolute Gasteiger partial charge is 0.464 e. The van der Waals surface area contributed by atoms with E-state index in [1.807, 2.05) is 6.92 Å². The molecule has 0 spiro atoms. The molecule has 1 amide bonds. The Labute approximate surface area is 107 Å². The first kappa shape index (κ1) is 14.2. The second-order valence-corrected chi connectivity index (χ2v) is 3.71. The van der Waals surface area contributed by atoms with E-state index in [9.17, 15) is 4.79 Å². The number of hydrogen-bond donors (Lipinski definition) is 1. The molecular formula is C13H19N3O2. The van der Waals surface area contributed by atoms with Gasteiger partial charge in [-0.1, -0.05) is 13.3 Å². The van der Waals surface area contributed by atoms with Crippen LogP contribution in [0.4, 0.5) is 0 Å². The van der Waals surface area contributed by atoms with Crippen LogP contribution >= 0.6 is 0 Å². The third-order valence-electron chi connectivity index (χ3n) is 2.18. The predicted molar refractivity (Wildman–Crippen MR) is 70.2 cm³/mol. The van der Waals surface area contributed by atoms with Crippen LogP contribution in [-0.2, 0) is 4.79 Å². The molecule has 0 aliphatic heterocycles. The van der Waals surface area contributed by atoms with E-state index in [2.05, 4.69) is 22.2 Å². The Morgan fingerprint density at radius 1 is 1.39 bits per heavy atom. The maximum atomic E-state index is 11.4. The van der Waals surface area contributed by atoms with Crippen LogP contribution in [0.15, 0.2) is 18.5 Å². The molecule has 1 aromatic heterocycles. The van der Waals surface area contributed by atoms with Crippen LogP contribution in [0.25, 0.3) is 6.08 Å². The van der Waals surface area contributed by atoms with Crippen LogP contribution in [0.2, 0.25) is 0 Å². The molecule has 1 aromatic rings. The number of ether oxygens (including phenoxy) is 1. The molecule has 0 unspecified atom stereocenters. The summed E-state index contributed by atoms with van der Waals surface area (Å²) in [7, 11) is 0. The van der Waals surface area contributed by atoms with Gasteiger partial charge in [0, 0.05) is 30.6 Å². The second-order valence-electron chi connectivity index (χ2n) is 3.71. The van der Waals surface area contributed by atoms with Crippen LogP contribution < -0.4 is 10.1 Å². The molecule has 0 radical (unpaired) electrons. The molecule has 98 valence electrons. The number of aromatic nitrogens is 2. The van der Waals surface area contributed by atoms with Crippen molar-refractivity contribution in [3.63, 3.8) is 0 Å². The van der Waals surface area contributed by atoms with Crippen LogP contribution in [-0.4, -0.2) is 29.0 Å². The molecule has 0 bridgehead atoms. The number of unbranched alkanes of at least 4 members (excludes halogenated alkanes) is 1. The van der Waals surface area contributed by atoms with Crippen molar-refractivity contribution >= 4 is 12.0 Å². The fourth-order valence-electron chi connectivity index (χ4n) is 1.24. The average molecular weight is 249 g/mol. The summed E-state index contributed by atoms with van der Waals surface area (Å²) in [6.45, 7) is 5.20. The quantitative estimate of drug-likeness (QED) is 0.591. The maximum absolute atomic E-state index is 11.4. The predicted octanol–water partition coefficient (Wildman–Crippen LogP) is 1.80. The van der Waals surface area contributed by atoms with Crippen molar-refractivity contribution in [3.8, 4) is 6.01 Å². The highest BCUT2D eigenvalue weighted by Crippen LogP contribution is 2.03. The summed E-state index contributed by atoms with van der Waals surface area (Å²) < 4.78 is 5.13. The molecule has 0 aliphatic rings. The fourth-order valence-corrected chi connectivity index (χ4v) is 1.24. The highest BCUT2D eigenvalue weighted by Gasteiger charge is 1.96. The molecule has 0 fully saturated rings. The van der Waals surface area contributed by atoms with Gasteiger partial charge in [0.25, 0.3) is 0 Å². The lowest BCUT2D eigenvalue weighted by atomic mass is 10.3. The minimum Gasteiger partial charge on any atom is -0.464 e. The number of carbonyl (C=O) groups excluding carboxylic acids is 1. The summed E-state index contributed by atoms with van der Waals surface area (Å²) in [5.41, 5.74) is 0.768. The van der Waals surface area contributed by atoms with Gasteiger partial charge in [-0.2, -0.15) is 0 Å². The van der Waals surface area contributed by atoms with Gasteiger partial charge in [-0.15, -0.1) is 0 Å². The summed E-state index contributed by atoms with van der Waals surface area (Å²) in [5, 5.41) is 2.79. The van der Waals surface area contributed by atoms with E-state index >= 15 is 0 Å². The Bertz CT molecular complexity index is 388. The number of rotatable bonds is 7. The third-order valence-corrected chi connectivity index (χ3v) is 2.18. The molecule has 0 saturated heterocycles. The van der Waals surface area contributed by atoms with Gasteiger partial charge in [0.1, 0.15) is 0 Å². The molecule has 5 nitrogen and oxygen atoms in total. The Morgan fingerprint density at radius 3 is 2.72 bits per heavy atom. The van der Waals surface area contributed by atoms with Crippen molar-refractivity contribution in [1.82, 2.24) is 15.3 Å². The zero-order chi connectivity index (χ0) is 13.2. The Kier molecular flexibility index (Phi) is 6.46. The van der Waals surface area contributed by atoms with Crippen LogP contribution in [0, 0.1) is 0 Å². The fraction of sp³-hybridized carbons (Fsp3) is 0.462. The molecule has 0 saturated carbocycles. The first-order valence-corrected chi connectivity index (χ1v) is 6.17. The molecule has 0 aliphatic carbocycles. The number of hydrogen-bond acceptors (Lipinski definition) is 4. The number of nitrogens with one attached hydrogen (secondary N) is 1. The molecule has 1 N–H and O–H groups in total. The van der Waals surface area contributed by atoms with Crippen LogP contribution in [0.3, 0.4) is 0 Å². The lowest BCUT2D eigenvalue weighted by molar-refractivity contribution is -0.116. The molecule has 0 atom stereocenters. The average Bonchev–Trinajstić information content (AvgIpc) is 2.39. The molecule has 18 heavy (non-hydrogen) atoms. The second kappa shape index (κ2) is 8.22. The van der Waals surface area contributed by atoms with Gasteiger partial charge in [0.15, 0.2) is 0 Å². The first-order chi connectivity index (χ1) is 8.76. The molecule has 5 heteroatoms. The van der Waals surface area contributed by atoms with E-state index < -0.39 is 0 Å². The lowest BCUT2D eigenvalue weighted by Crippen LogP contribution is -2.21. The van der Waals surface area contributed by atoms with Crippen molar-refractivity contribution in [1.29, 1.82) is 0 Å². The van der Waals surface area contributed by atoms with E-state index in [0.717, 1.165) is 18.4 Å². The minimum absolute atomic E-state index is 0.0997. The van der Waals surface area contributed by atoms with Crippen LogP contribution in [0.1, 0.15) is 32.3 Å². The topological polar surface area (TPSA) is 64.1 Å². The van der Waals surface area contributed by atoms with Crippen molar-refractivity contribution in [3.05, 3.63) is 24.0 Å². The number of amides is 1. The smallest absolute Gasteiger partial charge is 0.316 e. The number of nitrogens with zero attached hydrogens (tertiary/aromatic N) is 2. The van der Waals surface area contributed by atoms with E-state index in [4.69, 9.17) is 4.74 Å². The third kappa shape index (κ3) is 5.43. The highest BCUT2D eigenvalue weighted by atomic mass is 16.5. The van der Waals surface area contributed by atoms with Gasteiger partial charge in [0.05, 0.1) is 6.61 Å². The Morgan fingerprint density at radius 2 is 2.11 bits per heavy atom.